The SMILES string of the molecule is CCN(CC)C(N)=NCC1(CCOC)CCCC1.I. The van der Waals surface area contributed by atoms with Gasteiger partial charge in [0.05, 0.1) is 0 Å². The minimum absolute atomic E-state index is 0. The Hall–Kier alpha value is -0.0400. The molecule has 114 valence electrons. The van der Waals surface area contributed by atoms with E-state index < -0.39 is 0 Å². The number of nitrogens with zero attached hydrogens (tertiary/aromatic N) is 2. The number of halogens is 1. The summed E-state index contributed by atoms with van der Waals surface area (Å²) in [6.07, 6.45) is 6.30. The first-order chi connectivity index (χ1) is 8.67. The molecule has 0 radical (unpaired) electrons. The first-order valence-electron chi connectivity index (χ1n) is 7.21. The number of rotatable bonds is 7. The van der Waals surface area contributed by atoms with Crippen molar-refractivity contribution in [3.8, 4) is 0 Å². The maximum absolute atomic E-state index is 6.05. The van der Waals surface area contributed by atoms with Crippen LogP contribution in [0.4, 0.5) is 0 Å². The Morgan fingerprint density at radius 3 is 2.32 bits per heavy atom. The third-order valence-electron chi connectivity index (χ3n) is 4.16. The summed E-state index contributed by atoms with van der Waals surface area (Å²) >= 11 is 0. The molecule has 4 nitrogen and oxygen atoms in total. The standard InChI is InChI=1S/C14H29N3O.HI/c1-4-17(5-2)13(15)16-12-14(10-11-18-3)8-6-7-9-14;/h4-12H2,1-3H3,(H2,15,16);1H. The first kappa shape index (κ1) is 19.0. The van der Waals surface area contributed by atoms with Crippen molar-refractivity contribution >= 4 is 29.9 Å². The van der Waals surface area contributed by atoms with Gasteiger partial charge in [0.1, 0.15) is 0 Å². The molecule has 0 aromatic heterocycles. The zero-order valence-electron chi connectivity index (χ0n) is 12.7. The van der Waals surface area contributed by atoms with Crippen LogP contribution in [0.5, 0.6) is 0 Å². The number of aliphatic imine (C=N–C) groups is 1. The molecule has 19 heavy (non-hydrogen) atoms. The molecule has 0 bridgehead atoms. The number of methoxy groups -OCH3 is 1. The van der Waals surface area contributed by atoms with Crippen molar-refractivity contribution in [1.82, 2.24) is 4.90 Å². The number of guanidine groups is 1. The highest BCUT2D eigenvalue weighted by atomic mass is 127. The van der Waals surface area contributed by atoms with Gasteiger partial charge in [0, 0.05) is 33.4 Å². The topological polar surface area (TPSA) is 50.8 Å². The number of hydrogen-bond donors (Lipinski definition) is 1. The highest BCUT2D eigenvalue weighted by Gasteiger charge is 2.33. The number of nitrogens with two attached hydrogens (primary N) is 1. The van der Waals surface area contributed by atoms with Crippen molar-refractivity contribution in [1.29, 1.82) is 0 Å². The Bertz CT molecular complexity index is 261. The van der Waals surface area contributed by atoms with Crippen LogP contribution in [0.15, 0.2) is 4.99 Å². The molecule has 0 aromatic carbocycles. The van der Waals surface area contributed by atoms with E-state index in [4.69, 9.17) is 10.5 Å². The lowest BCUT2D eigenvalue weighted by Crippen LogP contribution is -2.38. The monoisotopic (exact) mass is 383 g/mol. The molecule has 1 aliphatic carbocycles. The van der Waals surface area contributed by atoms with E-state index in [1.807, 2.05) is 0 Å². The van der Waals surface area contributed by atoms with E-state index in [0.29, 0.717) is 11.4 Å². The number of hydrogen-bond acceptors (Lipinski definition) is 2. The van der Waals surface area contributed by atoms with Crippen LogP contribution in [0.25, 0.3) is 0 Å². The van der Waals surface area contributed by atoms with Gasteiger partial charge in [-0.1, -0.05) is 12.8 Å². The van der Waals surface area contributed by atoms with Gasteiger partial charge in [0.15, 0.2) is 5.96 Å². The molecule has 0 heterocycles. The van der Waals surface area contributed by atoms with Crippen LogP contribution in [0, 0.1) is 5.41 Å². The lowest BCUT2D eigenvalue weighted by molar-refractivity contribution is 0.141. The Morgan fingerprint density at radius 1 is 1.26 bits per heavy atom. The van der Waals surface area contributed by atoms with E-state index in [-0.39, 0.29) is 24.0 Å². The van der Waals surface area contributed by atoms with Gasteiger partial charge in [-0.25, -0.2) is 0 Å². The second-order valence-corrected chi connectivity index (χ2v) is 5.30. The zero-order valence-corrected chi connectivity index (χ0v) is 15.0. The van der Waals surface area contributed by atoms with Crippen LogP contribution in [0.3, 0.4) is 0 Å². The predicted molar refractivity (Wildman–Crippen MR) is 92.2 cm³/mol. The molecule has 0 aromatic rings. The van der Waals surface area contributed by atoms with E-state index >= 15 is 0 Å². The molecule has 5 heteroatoms. The molecular weight excluding hydrogens is 353 g/mol. The molecule has 1 aliphatic rings. The van der Waals surface area contributed by atoms with Crippen LogP contribution in [0.2, 0.25) is 0 Å². The fourth-order valence-corrected chi connectivity index (χ4v) is 2.83. The van der Waals surface area contributed by atoms with Crippen molar-refractivity contribution in [3.63, 3.8) is 0 Å². The molecule has 0 aliphatic heterocycles. The predicted octanol–water partition coefficient (Wildman–Crippen LogP) is 2.86. The molecule has 0 amide bonds. The quantitative estimate of drug-likeness (QED) is 0.418. The summed E-state index contributed by atoms with van der Waals surface area (Å²) in [7, 11) is 1.77. The van der Waals surface area contributed by atoms with Crippen LogP contribution >= 0.6 is 24.0 Å². The van der Waals surface area contributed by atoms with Crippen LogP contribution in [0.1, 0.15) is 46.0 Å². The zero-order chi connectivity index (χ0) is 13.4. The normalized spacial score (nSPS) is 18.2. The van der Waals surface area contributed by atoms with Crippen molar-refractivity contribution in [3.05, 3.63) is 0 Å². The maximum Gasteiger partial charge on any atom is 0.191 e. The smallest absolute Gasteiger partial charge is 0.191 e. The summed E-state index contributed by atoms with van der Waals surface area (Å²) in [6, 6.07) is 0. The maximum atomic E-state index is 6.05. The molecule has 0 atom stereocenters. The summed E-state index contributed by atoms with van der Waals surface area (Å²) in [5, 5.41) is 0. The molecule has 2 N–H and O–H groups in total. The first-order valence-corrected chi connectivity index (χ1v) is 7.21. The van der Waals surface area contributed by atoms with Crippen molar-refractivity contribution in [2.24, 2.45) is 16.1 Å². The second kappa shape index (κ2) is 9.80. The van der Waals surface area contributed by atoms with Crippen LogP contribution in [-0.2, 0) is 4.74 Å². The van der Waals surface area contributed by atoms with E-state index in [0.717, 1.165) is 32.7 Å². The van der Waals surface area contributed by atoms with Crippen molar-refractivity contribution < 1.29 is 4.74 Å². The summed E-state index contributed by atoms with van der Waals surface area (Å²) in [5.41, 5.74) is 6.39. The highest BCUT2D eigenvalue weighted by Crippen LogP contribution is 2.41. The summed E-state index contributed by atoms with van der Waals surface area (Å²) in [6.45, 7) is 7.78. The second-order valence-electron chi connectivity index (χ2n) is 5.30. The Labute approximate surface area is 135 Å². The molecule has 1 saturated carbocycles. The minimum atomic E-state index is 0. The highest BCUT2D eigenvalue weighted by molar-refractivity contribution is 14.0. The van der Waals surface area contributed by atoms with Gasteiger partial charge in [0.2, 0.25) is 0 Å². The molecule has 0 saturated heterocycles. The van der Waals surface area contributed by atoms with E-state index in [2.05, 4.69) is 23.7 Å². The van der Waals surface area contributed by atoms with E-state index in [1.54, 1.807) is 7.11 Å². The molecular formula is C14H30IN3O. The fraction of sp³-hybridized carbons (Fsp3) is 0.929. The van der Waals surface area contributed by atoms with Gasteiger partial charge in [0.25, 0.3) is 0 Å². The van der Waals surface area contributed by atoms with Crippen molar-refractivity contribution in [2.75, 3.05) is 33.4 Å². The van der Waals surface area contributed by atoms with Gasteiger partial charge in [-0.15, -0.1) is 24.0 Å². The summed E-state index contributed by atoms with van der Waals surface area (Å²) in [5.74, 6) is 0.698. The van der Waals surface area contributed by atoms with Gasteiger partial charge < -0.3 is 15.4 Å². The van der Waals surface area contributed by atoms with Gasteiger partial charge in [-0.3, -0.25) is 4.99 Å². The van der Waals surface area contributed by atoms with Crippen LogP contribution < -0.4 is 5.73 Å². The molecule has 1 rings (SSSR count). The van der Waals surface area contributed by atoms with E-state index in [9.17, 15) is 0 Å². The third kappa shape index (κ3) is 5.85. The number of ether oxygens (including phenoxy) is 1. The Balaban J connectivity index is 0.00000324. The average Bonchev–Trinajstić information content (AvgIpc) is 2.85. The summed E-state index contributed by atoms with van der Waals surface area (Å²) < 4.78 is 5.24. The minimum Gasteiger partial charge on any atom is -0.385 e. The Kier molecular flexibility index (Phi) is 9.78. The van der Waals surface area contributed by atoms with Gasteiger partial charge in [-0.2, -0.15) is 0 Å². The Morgan fingerprint density at radius 2 is 1.84 bits per heavy atom. The lowest BCUT2D eigenvalue weighted by Gasteiger charge is -2.28. The van der Waals surface area contributed by atoms with Gasteiger partial charge in [-0.05, 0) is 38.5 Å². The fourth-order valence-electron chi connectivity index (χ4n) is 2.83. The van der Waals surface area contributed by atoms with Crippen LogP contribution in [-0.4, -0.2) is 44.2 Å². The average molecular weight is 383 g/mol. The largest absolute Gasteiger partial charge is 0.385 e. The molecule has 0 spiro atoms. The lowest BCUT2D eigenvalue weighted by atomic mass is 9.83. The molecule has 1 fully saturated rings. The van der Waals surface area contributed by atoms with Gasteiger partial charge >= 0.3 is 0 Å². The van der Waals surface area contributed by atoms with Crippen molar-refractivity contribution in [2.45, 2.75) is 46.0 Å². The third-order valence-corrected chi connectivity index (χ3v) is 4.16. The molecule has 0 unspecified atom stereocenters. The van der Waals surface area contributed by atoms with E-state index in [1.165, 1.54) is 25.7 Å². The summed E-state index contributed by atoms with van der Waals surface area (Å²) in [4.78, 5) is 6.75.